The van der Waals surface area contributed by atoms with E-state index in [-0.39, 0.29) is 0 Å². The molecule has 1 aliphatic heterocycles. The highest BCUT2D eigenvalue weighted by atomic mass is 15.3. The van der Waals surface area contributed by atoms with Crippen LogP contribution in [0.5, 0.6) is 0 Å². The normalized spacial score (nSPS) is 16.8. The maximum atomic E-state index is 4.22. The average Bonchev–Trinajstić information content (AvgIpc) is 2.72. The molecule has 0 aromatic heterocycles. The Morgan fingerprint density at radius 1 is 1.29 bits per heavy atom. The van der Waals surface area contributed by atoms with Gasteiger partial charge in [-0.2, -0.15) is 5.11 Å². The van der Waals surface area contributed by atoms with Crippen LogP contribution in [0.3, 0.4) is 0 Å². The SMILES string of the molecule is C[C@@H](Cc1ccccc1)C1=NCN=N1. The van der Waals surface area contributed by atoms with Crippen LogP contribution in [0.25, 0.3) is 0 Å². The highest BCUT2D eigenvalue weighted by Gasteiger charge is 2.12. The summed E-state index contributed by atoms with van der Waals surface area (Å²) in [5.41, 5.74) is 1.32. The van der Waals surface area contributed by atoms with E-state index in [9.17, 15) is 0 Å². The number of benzene rings is 1. The molecular weight excluding hydrogens is 174 g/mol. The highest BCUT2D eigenvalue weighted by molar-refractivity contribution is 5.85. The molecule has 1 aromatic rings. The van der Waals surface area contributed by atoms with E-state index < -0.39 is 0 Å². The van der Waals surface area contributed by atoms with E-state index in [1.807, 2.05) is 6.07 Å². The third-order valence-electron chi connectivity index (χ3n) is 2.29. The standard InChI is InChI=1S/C11H13N3/c1-9(11-12-8-13-14-11)7-10-5-3-2-4-6-10/h2-6,9H,7-8H2,1H3/t9-/m0/s1. The van der Waals surface area contributed by atoms with Crippen molar-refractivity contribution in [3.8, 4) is 0 Å². The lowest BCUT2D eigenvalue weighted by Crippen LogP contribution is -2.09. The fraction of sp³-hybridized carbons (Fsp3) is 0.364. The van der Waals surface area contributed by atoms with Crippen LogP contribution in [0, 0.1) is 5.92 Å². The molecule has 2 rings (SSSR count). The van der Waals surface area contributed by atoms with E-state index in [1.165, 1.54) is 5.56 Å². The number of rotatable bonds is 3. The van der Waals surface area contributed by atoms with E-state index in [4.69, 9.17) is 0 Å². The van der Waals surface area contributed by atoms with Gasteiger partial charge in [0.15, 0.2) is 12.5 Å². The topological polar surface area (TPSA) is 37.1 Å². The second kappa shape index (κ2) is 4.13. The number of azo groups is 1. The molecule has 14 heavy (non-hydrogen) atoms. The quantitative estimate of drug-likeness (QED) is 0.697. The molecule has 0 bridgehead atoms. The second-order valence-electron chi connectivity index (χ2n) is 3.49. The summed E-state index contributed by atoms with van der Waals surface area (Å²) in [5, 5.41) is 7.86. The predicted octanol–water partition coefficient (Wildman–Crippen LogP) is 2.69. The lowest BCUT2D eigenvalue weighted by atomic mass is 10.0. The Morgan fingerprint density at radius 2 is 2.07 bits per heavy atom. The van der Waals surface area contributed by atoms with Crippen molar-refractivity contribution in [2.75, 3.05) is 6.67 Å². The van der Waals surface area contributed by atoms with Gasteiger partial charge >= 0.3 is 0 Å². The Hall–Kier alpha value is -1.51. The first-order valence-electron chi connectivity index (χ1n) is 4.82. The first-order valence-corrected chi connectivity index (χ1v) is 4.82. The Morgan fingerprint density at radius 3 is 2.71 bits per heavy atom. The van der Waals surface area contributed by atoms with E-state index in [0.717, 1.165) is 12.3 Å². The van der Waals surface area contributed by atoms with Crippen LogP contribution in [-0.4, -0.2) is 12.5 Å². The zero-order valence-corrected chi connectivity index (χ0v) is 8.22. The van der Waals surface area contributed by atoms with E-state index in [0.29, 0.717) is 12.6 Å². The fourth-order valence-corrected chi connectivity index (χ4v) is 1.55. The van der Waals surface area contributed by atoms with Gasteiger partial charge in [0.1, 0.15) is 0 Å². The summed E-state index contributed by atoms with van der Waals surface area (Å²) in [6.07, 6.45) is 0.985. The van der Waals surface area contributed by atoms with Gasteiger partial charge in [-0.05, 0) is 12.0 Å². The number of aliphatic imine (C=N–C) groups is 1. The van der Waals surface area contributed by atoms with Crippen LogP contribution in [0.15, 0.2) is 45.6 Å². The third-order valence-corrected chi connectivity index (χ3v) is 2.29. The maximum Gasteiger partial charge on any atom is 0.152 e. The van der Waals surface area contributed by atoms with Gasteiger partial charge in [-0.15, -0.1) is 5.11 Å². The molecule has 3 nitrogen and oxygen atoms in total. The molecule has 1 atom stereocenters. The number of nitrogens with zero attached hydrogens (tertiary/aromatic N) is 3. The average molecular weight is 187 g/mol. The number of hydrogen-bond donors (Lipinski definition) is 0. The minimum atomic E-state index is 0.364. The van der Waals surface area contributed by atoms with Crippen molar-refractivity contribution in [1.82, 2.24) is 0 Å². The summed E-state index contributed by atoms with van der Waals surface area (Å²) in [6, 6.07) is 10.4. The lowest BCUT2D eigenvalue weighted by molar-refractivity contribution is 0.759. The van der Waals surface area contributed by atoms with Crippen molar-refractivity contribution in [2.24, 2.45) is 21.1 Å². The molecular formula is C11H13N3. The van der Waals surface area contributed by atoms with Gasteiger partial charge in [-0.25, -0.2) is 4.99 Å². The van der Waals surface area contributed by atoms with Crippen molar-refractivity contribution in [2.45, 2.75) is 13.3 Å². The molecule has 0 unspecified atom stereocenters. The van der Waals surface area contributed by atoms with Crippen molar-refractivity contribution in [1.29, 1.82) is 0 Å². The van der Waals surface area contributed by atoms with Gasteiger partial charge in [0, 0.05) is 5.92 Å². The first-order chi connectivity index (χ1) is 6.86. The summed E-state index contributed by atoms with van der Waals surface area (Å²) in [4.78, 5) is 4.22. The van der Waals surface area contributed by atoms with Crippen molar-refractivity contribution in [3.05, 3.63) is 35.9 Å². The van der Waals surface area contributed by atoms with Crippen LogP contribution in [0.2, 0.25) is 0 Å². The highest BCUT2D eigenvalue weighted by Crippen LogP contribution is 2.13. The minimum Gasteiger partial charge on any atom is -0.243 e. The molecule has 1 aromatic carbocycles. The van der Waals surface area contributed by atoms with Gasteiger partial charge < -0.3 is 0 Å². The summed E-state index contributed by atoms with van der Waals surface area (Å²) in [5.74, 6) is 1.25. The van der Waals surface area contributed by atoms with E-state index in [2.05, 4.69) is 46.4 Å². The van der Waals surface area contributed by atoms with Crippen LogP contribution in [-0.2, 0) is 6.42 Å². The lowest BCUT2D eigenvalue weighted by Gasteiger charge is -2.07. The van der Waals surface area contributed by atoms with E-state index >= 15 is 0 Å². The second-order valence-corrected chi connectivity index (χ2v) is 3.49. The van der Waals surface area contributed by atoms with E-state index in [1.54, 1.807) is 0 Å². The smallest absolute Gasteiger partial charge is 0.152 e. The molecule has 0 N–H and O–H groups in total. The molecule has 1 aliphatic rings. The Kier molecular flexibility index (Phi) is 2.68. The Labute approximate surface area is 83.6 Å². The zero-order chi connectivity index (χ0) is 9.80. The summed E-state index contributed by atoms with van der Waals surface area (Å²) >= 11 is 0. The molecule has 72 valence electrons. The fourth-order valence-electron chi connectivity index (χ4n) is 1.55. The molecule has 0 fully saturated rings. The summed E-state index contributed by atoms with van der Waals surface area (Å²) in [7, 11) is 0. The van der Waals surface area contributed by atoms with Gasteiger partial charge in [0.2, 0.25) is 0 Å². The Balaban J connectivity index is 2.01. The molecule has 0 spiro atoms. The molecule has 1 heterocycles. The largest absolute Gasteiger partial charge is 0.243 e. The molecule has 3 heteroatoms. The van der Waals surface area contributed by atoms with Crippen molar-refractivity contribution in [3.63, 3.8) is 0 Å². The van der Waals surface area contributed by atoms with Crippen LogP contribution < -0.4 is 0 Å². The maximum absolute atomic E-state index is 4.22. The van der Waals surface area contributed by atoms with Crippen molar-refractivity contribution >= 4 is 5.84 Å². The monoisotopic (exact) mass is 187 g/mol. The van der Waals surface area contributed by atoms with Crippen molar-refractivity contribution < 1.29 is 0 Å². The summed E-state index contributed by atoms with van der Waals surface area (Å²) < 4.78 is 0. The van der Waals surface area contributed by atoms with Crippen LogP contribution >= 0.6 is 0 Å². The molecule has 0 amide bonds. The van der Waals surface area contributed by atoms with Gasteiger partial charge in [0.05, 0.1) is 0 Å². The Bertz CT molecular complexity index is 354. The number of amidine groups is 1. The first kappa shape index (κ1) is 9.06. The predicted molar refractivity (Wildman–Crippen MR) is 56.5 cm³/mol. The molecule has 0 saturated heterocycles. The van der Waals surface area contributed by atoms with Gasteiger partial charge in [-0.1, -0.05) is 37.3 Å². The summed E-state index contributed by atoms with van der Waals surface area (Å²) in [6.45, 7) is 2.64. The van der Waals surface area contributed by atoms with Gasteiger partial charge in [-0.3, -0.25) is 0 Å². The van der Waals surface area contributed by atoms with Gasteiger partial charge in [0.25, 0.3) is 0 Å². The zero-order valence-electron chi connectivity index (χ0n) is 8.22. The van der Waals surface area contributed by atoms with Crippen LogP contribution in [0.4, 0.5) is 0 Å². The molecule has 0 saturated carbocycles. The molecule has 0 radical (unpaired) electrons. The molecule has 0 aliphatic carbocycles. The number of hydrogen-bond acceptors (Lipinski definition) is 3. The third kappa shape index (κ3) is 2.05. The minimum absolute atomic E-state index is 0.364. The van der Waals surface area contributed by atoms with Crippen LogP contribution in [0.1, 0.15) is 12.5 Å².